The third-order valence-corrected chi connectivity index (χ3v) is 6.79. The van der Waals surface area contributed by atoms with E-state index in [1.165, 1.54) is 4.90 Å². The van der Waals surface area contributed by atoms with Gasteiger partial charge in [0.15, 0.2) is 0 Å². The molecule has 7 heteroatoms. The Labute approximate surface area is 194 Å². The molecule has 3 amide bonds. The molecule has 0 saturated carbocycles. The maximum atomic E-state index is 13.8. The number of pyridine rings is 1. The first kappa shape index (κ1) is 23.1. The van der Waals surface area contributed by atoms with Gasteiger partial charge in [-0.05, 0) is 55.0 Å². The van der Waals surface area contributed by atoms with Gasteiger partial charge in [-0.3, -0.25) is 24.3 Å². The molecule has 3 heterocycles. The number of imide groups is 1. The SMILES string of the molecule is Cc1ccccc1[C@]1(CC(=O)N(C)C[C@@H]2CCCCO2)CC(=O)N(Cc2ccncc2)C1=O. The summed E-state index contributed by atoms with van der Waals surface area (Å²) in [7, 11) is 1.75. The number of aryl methyl sites for hydroxylation is 1. The molecule has 2 aromatic rings. The van der Waals surface area contributed by atoms with Crippen molar-refractivity contribution in [3.63, 3.8) is 0 Å². The second-order valence-electron chi connectivity index (χ2n) is 9.15. The number of nitrogens with zero attached hydrogens (tertiary/aromatic N) is 3. The van der Waals surface area contributed by atoms with Crippen LogP contribution in [0.4, 0.5) is 0 Å². The summed E-state index contributed by atoms with van der Waals surface area (Å²) in [6.45, 7) is 3.31. The van der Waals surface area contributed by atoms with E-state index in [-0.39, 0.29) is 43.2 Å². The lowest BCUT2D eigenvalue weighted by atomic mass is 9.74. The summed E-state index contributed by atoms with van der Waals surface area (Å²) in [4.78, 5) is 47.2. The van der Waals surface area contributed by atoms with Gasteiger partial charge in [0.2, 0.25) is 17.7 Å². The smallest absolute Gasteiger partial charge is 0.241 e. The molecule has 2 aliphatic heterocycles. The number of benzene rings is 1. The number of ether oxygens (including phenoxy) is 1. The van der Waals surface area contributed by atoms with Gasteiger partial charge in [0.25, 0.3) is 0 Å². The Balaban J connectivity index is 1.61. The molecular weight excluding hydrogens is 418 g/mol. The van der Waals surface area contributed by atoms with Crippen molar-refractivity contribution < 1.29 is 19.1 Å². The number of rotatable bonds is 7. The summed E-state index contributed by atoms with van der Waals surface area (Å²) in [6, 6.07) is 11.1. The van der Waals surface area contributed by atoms with Crippen LogP contribution in [0.15, 0.2) is 48.8 Å². The Bertz CT molecular complexity index is 1020. The number of likely N-dealkylation sites (tertiary alicyclic amines) is 1. The van der Waals surface area contributed by atoms with E-state index in [1.807, 2.05) is 31.2 Å². The summed E-state index contributed by atoms with van der Waals surface area (Å²) in [5.41, 5.74) is 1.27. The fourth-order valence-electron chi connectivity index (χ4n) is 4.94. The lowest BCUT2D eigenvalue weighted by Crippen LogP contribution is -2.44. The zero-order chi connectivity index (χ0) is 23.4. The molecular formula is C26H31N3O4. The normalized spacial score (nSPS) is 23.1. The van der Waals surface area contributed by atoms with Gasteiger partial charge >= 0.3 is 0 Å². The van der Waals surface area contributed by atoms with Crippen LogP contribution in [0.3, 0.4) is 0 Å². The summed E-state index contributed by atoms with van der Waals surface area (Å²) in [5, 5.41) is 0. The molecule has 1 aromatic heterocycles. The average molecular weight is 450 g/mol. The molecule has 4 rings (SSSR count). The minimum atomic E-state index is -1.20. The van der Waals surface area contributed by atoms with Crippen molar-refractivity contribution in [1.29, 1.82) is 0 Å². The van der Waals surface area contributed by atoms with Crippen molar-refractivity contribution in [1.82, 2.24) is 14.8 Å². The van der Waals surface area contributed by atoms with Gasteiger partial charge in [-0.1, -0.05) is 24.3 Å². The highest BCUT2D eigenvalue weighted by molar-refractivity contribution is 6.10. The van der Waals surface area contributed by atoms with E-state index in [1.54, 1.807) is 36.5 Å². The minimum Gasteiger partial charge on any atom is -0.376 e. The summed E-state index contributed by atoms with van der Waals surface area (Å²) in [6.07, 6.45) is 6.32. The van der Waals surface area contributed by atoms with Crippen molar-refractivity contribution in [2.45, 2.75) is 57.1 Å². The minimum absolute atomic E-state index is 0.0126. The topological polar surface area (TPSA) is 79.8 Å². The number of carbonyl (C=O) groups is 3. The van der Waals surface area contributed by atoms with E-state index in [9.17, 15) is 14.4 Å². The van der Waals surface area contributed by atoms with Crippen molar-refractivity contribution >= 4 is 17.7 Å². The van der Waals surface area contributed by atoms with Crippen molar-refractivity contribution in [3.05, 3.63) is 65.5 Å². The summed E-state index contributed by atoms with van der Waals surface area (Å²) >= 11 is 0. The number of aromatic nitrogens is 1. The summed E-state index contributed by atoms with van der Waals surface area (Å²) in [5.74, 6) is -0.722. The van der Waals surface area contributed by atoms with Crippen molar-refractivity contribution in [2.75, 3.05) is 20.2 Å². The van der Waals surface area contributed by atoms with Gasteiger partial charge in [-0.15, -0.1) is 0 Å². The standard InChI is InChI=1S/C26H31N3O4/c1-19-7-3-4-9-22(19)26(15-23(30)28(2)18-21-8-5-6-14-33-21)16-24(31)29(25(26)32)17-20-10-12-27-13-11-20/h3-4,7,9-13,21H,5-6,8,14-18H2,1-2H3/t21-,26-/m0/s1. The van der Waals surface area contributed by atoms with Crippen LogP contribution >= 0.6 is 0 Å². The predicted octanol–water partition coefficient (Wildman–Crippen LogP) is 3.00. The molecule has 2 fully saturated rings. The highest BCUT2D eigenvalue weighted by atomic mass is 16.5. The molecule has 7 nitrogen and oxygen atoms in total. The highest BCUT2D eigenvalue weighted by Crippen LogP contribution is 2.42. The molecule has 0 unspecified atom stereocenters. The molecule has 2 saturated heterocycles. The van der Waals surface area contributed by atoms with Gasteiger partial charge in [0.1, 0.15) is 0 Å². The second-order valence-corrected chi connectivity index (χ2v) is 9.15. The Kier molecular flexibility index (Phi) is 6.88. The van der Waals surface area contributed by atoms with Crippen LogP contribution in [0, 0.1) is 6.92 Å². The Morgan fingerprint density at radius 3 is 2.64 bits per heavy atom. The molecule has 0 aliphatic carbocycles. The van der Waals surface area contributed by atoms with E-state index in [0.29, 0.717) is 6.54 Å². The molecule has 0 N–H and O–H groups in total. The van der Waals surface area contributed by atoms with Crippen LogP contribution in [0.2, 0.25) is 0 Å². The number of hydrogen-bond donors (Lipinski definition) is 0. The third kappa shape index (κ3) is 4.83. The maximum Gasteiger partial charge on any atom is 0.241 e. The molecule has 0 spiro atoms. The van der Waals surface area contributed by atoms with Crippen LogP contribution in [0.5, 0.6) is 0 Å². The fraction of sp³-hybridized carbons (Fsp3) is 0.462. The Hall–Kier alpha value is -3.06. The van der Waals surface area contributed by atoms with Crippen LogP contribution in [0.1, 0.15) is 48.8 Å². The van der Waals surface area contributed by atoms with Gasteiger partial charge < -0.3 is 9.64 Å². The van der Waals surface area contributed by atoms with Crippen molar-refractivity contribution in [2.24, 2.45) is 0 Å². The fourth-order valence-corrected chi connectivity index (χ4v) is 4.94. The third-order valence-electron chi connectivity index (χ3n) is 6.79. The molecule has 174 valence electrons. The Morgan fingerprint density at radius 1 is 1.18 bits per heavy atom. The molecule has 33 heavy (non-hydrogen) atoms. The van der Waals surface area contributed by atoms with E-state index in [4.69, 9.17) is 4.74 Å². The molecule has 0 radical (unpaired) electrons. The number of likely N-dealkylation sites (N-methyl/N-ethyl adjacent to an activating group) is 1. The van der Waals surface area contributed by atoms with Crippen LogP contribution < -0.4 is 0 Å². The van der Waals surface area contributed by atoms with E-state index >= 15 is 0 Å². The van der Waals surface area contributed by atoms with Gasteiger partial charge in [0, 0.05) is 45.4 Å². The molecule has 1 aromatic carbocycles. The van der Waals surface area contributed by atoms with Gasteiger partial charge in [-0.25, -0.2) is 0 Å². The number of amides is 3. The molecule has 2 aliphatic rings. The van der Waals surface area contributed by atoms with Crippen molar-refractivity contribution in [3.8, 4) is 0 Å². The first-order valence-corrected chi connectivity index (χ1v) is 11.6. The first-order valence-electron chi connectivity index (χ1n) is 11.6. The van der Waals surface area contributed by atoms with Crippen LogP contribution in [0.25, 0.3) is 0 Å². The largest absolute Gasteiger partial charge is 0.376 e. The second kappa shape index (κ2) is 9.83. The summed E-state index contributed by atoms with van der Waals surface area (Å²) < 4.78 is 5.79. The van der Waals surface area contributed by atoms with Crippen LogP contribution in [-0.4, -0.2) is 58.8 Å². The Morgan fingerprint density at radius 2 is 1.94 bits per heavy atom. The highest BCUT2D eigenvalue weighted by Gasteiger charge is 2.54. The first-order chi connectivity index (χ1) is 15.9. The van der Waals surface area contributed by atoms with Gasteiger partial charge in [0.05, 0.1) is 18.1 Å². The molecule has 2 atom stereocenters. The lowest BCUT2D eigenvalue weighted by molar-refractivity contribution is -0.143. The monoisotopic (exact) mass is 449 g/mol. The zero-order valence-corrected chi connectivity index (χ0v) is 19.3. The average Bonchev–Trinajstić information content (AvgIpc) is 3.05. The maximum absolute atomic E-state index is 13.8. The predicted molar refractivity (Wildman–Crippen MR) is 123 cm³/mol. The van der Waals surface area contributed by atoms with E-state index < -0.39 is 5.41 Å². The number of hydrogen-bond acceptors (Lipinski definition) is 5. The molecule has 0 bridgehead atoms. The zero-order valence-electron chi connectivity index (χ0n) is 19.3. The lowest BCUT2D eigenvalue weighted by Gasteiger charge is -2.32. The van der Waals surface area contributed by atoms with Crippen LogP contribution in [-0.2, 0) is 31.1 Å². The van der Waals surface area contributed by atoms with E-state index in [0.717, 1.165) is 42.6 Å². The van der Waals surface area contributed by atoms with E-state index in [2.05, 4.69) is 4.98 Å². The number of carbonyl (C=O) groups excluding carboxylic acids is 3. The van der Waals surface area contributed by atoms with Gasteiger partial charge in [-0.2, -0.15) is 0 Å². The quantitative estimate of drug-likeness (QED) is 0.607.